The predicted molar refractivity (Wildman–Crippen MR) is 85.5 cm³/mol. The first-order valence-electron chi connectivity index (χ1n) is 7.42. The van der Waals surface area contributed by atoms with Crippen molar-refractivity contribution in [1.29, 1.82) is 0 Å². The summed E-state index contributed by atoms with van der Waals surface area (Å²) in [5.74, 6) is -0.336. The zero-order valence-corrected chi connectivity index (χ0v) is 12.2. The molecule has 1 aromatic heterocycles. The Balaban J connectivity index is 1.91. The van der Waals surface area contributed by atoms with Crippen LogP contribution in [0.1, 0.15) is 23.5 Å². The van der Waals surface area contributed by atoms with Gasteiger partial charge in [-0.15, -0.1) is 0 Å². The van der Waals surface area contributed by atoms with Crippen molar-refractivity contribution in [2.75, 3.05) is 5.32 Å². The van der Waals surface area contributed by atoms with E-state index in [1.807, 2.05) is 30.3 Å². The van der Waals surface area contributed by atoms with Crippen LogP contribution in [0.2, 0.25) is 0 Å². The average molecular weight is 307 g/mol. The molecule has 0 fully saturated rings. The molecule has 4 rings (SSSR count). The Bertz CT molecular complexity index is 873. The van der Waals surface area contributed by atoms with Crippen LogP contribution in [-0.4, -0.2) is 16.1 Å². The standard InChI is InChI=1S/C18H14FN3O/c19-14-9-5-4-8-12(14)13-10-15(23)20-18-16(13)17(21-22-18)11-6-2-1-3-7-11/h1-9,13H,10H2,(H2,20,21,22,23). The summed E-state index contributed by atoms with van der Waals surface area (Å²) < 4.78 is 14.3. The van der Waals surface area contributed by atoms with Crippen molar-refractivity contribution >= 4 is 11.7 Å². The molecular formula is C18H14FN3O. The second-order valence-electron chi connectivity index (χ2n) is 5.55. The first-order chi connectivity index (χ1) is 11.2. The zero-order chi connectivity index (χ0) is 15.8. The molecule has 2 N–H and O–H groups in total. The monoisotopic (exact) mass is 307 g/mol. The van der Waals surface area contributed by atoms with Crippen LogP contribution in [0.3, 0.4) is 0 Å². The van der Waals surface area contributed by atoms with Gasteiger partial charge < -0.3 is 5.32 Å². The summed E-state index contributed by atoms with van der Waals surface area (Å²) in [6.45, 7) is 0. The van der Waals surface area contributed by atoms with Crippen LogP contribution in [0.4, 0.5) is 10.2 Å². The number of fused-ring (bicyclic) bond motifs is 1. The van der Waals surface area contributed by atoms with E-state index in [1.54, 1.807) is 18.2 Å². The van der Waals surface area contributed by atoms with Crippen LogP contribution in [0.5, 0.6) is 0 Å². The smallest absolute Gasteiger partial charge is 0.226 e. The van der Waals surface area contributed by atoms with Gasteiger partial charge in [-0.05, 0) is 17.2 Å². The maximum Gasteiger partial charge on any atom is 0.226 e. The Hall–Kier alpha value is -2.95. The number of amides is 1. The quantitative estimate of drug-likeness (QED) is 0.758. The van der Waals surface area contributed by atoms with Gasteiger partial charge in [0.25, 0.3) is 0 Å². The van der Waals surface area contributed by atoms with Crippen LogP contribution < -0.4 is 5.32 Å². The van der Waals surface area contributed by atoms with Gasteiger partial charge in [-0.2, -0.15) is 5.10 Å². The van der Waals surface area contributed by atoms with E-state index in [0.29, 0.717) is 11.4 Å². The molecule has 1 unspecified atom stereocenters. The Kier molecular flexibility index (Phi) is 3.19. The number of hydrogen-bond donors (Lipinski definition) is 2. The molecule has 0 spiro atoms. The maximum absolute atomic E-state index is 14.3. The van der Waals surface area contributed by atoms with Crippen molar-refractivity contribution < 1.29 is 9.18 Å². The highest BCUT2D eigenvalue weighted by atomic mass is 19.1. The fourth-order valence-corrected chi connectivity index (χ4v) is 3.10. The lowest BCUT2D eigenvalue weighted by atomic mass is 9.84. The first-order valence-corrected chi connectivity index (χ1v) is 7.42. The van der Waals surface area contributed by atoms with Gasteiger partial charge in [-0.25, -0.2) is 4.39 Å². The molecule has 0 aliphatic carbocycles. The normalized spacial score (nSPS) is 16.7. The number of aromatic amines is 1. The van der Waals surface area contributed by atoms with E-state index < -0.39 is 0 Å². The molecule has 2 heterocycles. The van der Waals surface area contributed by atoms with E-state index in [2.05, 4.69) is 15.5 Å². The van der Waals surface area contributed by atoms with E-state index in [4.69, 9.17) is 0 Å². The molecular weight excluding hydrogens is 293 g/mol. The SMILES string of the molecule is O=C1CC(c2ccccc2F)c2c(n[nH]c2-c2ccccc2)N1. The van der Waals surface area contributed by atoms with E-state index in [-0.39, 0.29) is 24.1 Å². The number of H-pyrrole nitrogens is 1. The van der Waals surface area contributed by atoms with Crippen molar-refractivity contribution in [3.63, 3.8) is 0 Å². The molecule has 0 saturated heterocycles. The highest BCUT2D eigenvalue weighted by Gasteiger charge is 2.33. The summed E-state index contributed by atoms with van der Waals surface area (Å²) >= 11 is 0. The molecule has 2 aromatic carbocycles. The molecule has 1 amide bonds. The minimum Gasteiger partial charge on any atom is -0.309 e. The number of rotatable bonds is 2. The van der Waals surface area contributed by atoms with E-state index >= 15 is 0 Å². The van der Waals surface area contributed by atoms with Gasteiger partial charge in [0.05, 0.1) is 5.69 Å². The number of hydrogen-bond acceptors (Lipinski definition) is 2. The molecule has 23 heavy (non-hydrogen) atoms. The third kappa shape index (κ3) is 2.30. The minimum atomic E-state index is -0.353. The lowest BCUT2D eigenvalue weighted by Gasteiger charge is -2.23. The minimum absolute atomic E-state index is 0.156. The second-order valence-corrected chi connectivity index (χ2v) is 5.55. The van der Waals surface area contributed by atoms with E-state index in [9.17, 15) is 9.18 Å². The number of benzene rings is 2. The van der Waals surface area contributed by atoms with E-state index in [0.717, 1.165) is 16.8 Å². The van der Waals surface area contributed by atoms with Crippen LogP contribution in [0.25, 0.3) is 11.3 Å². The van der Waals surface area contributed by atoms with Gasteiger partial charge in [0.1, 0.15) is 5.82 Å². The van der Waals surface area contributed by atoms with Crippen molar-refractivity contribution in [3.05, 3.63) is 71.5 Å². The van der Waals surface area contributed by atoms with E-state index in [1.165, 1.54) is 6.07 Å². The molecule has 3 aromatic rings. The predicted octanol–water partition coefficient (Wildman–Crippen LogP) is 3.69. The summed E-state index contributed by atoms with van der Waals surface area (Å²) in [7, 11) is 0. The highest BCUT2D eigenvalue weighted by molar-refractivity contribution is 5.96. The number of aromatic nitrogens is 2. The summed E-state index contributed by atoms with van der Waals surface area (Å²) in [5, 5.41) is 9.96. The number of anilines is 1. The number of halogens is 1. The molecule has 114 valence electrons. The van der Waals surface area contributed by atoms with Crippen LogP contribution in [-0.2, 0) is 4.79 Å². The molecule has 4 nitrogen and oxygen atoms in total. The number of carbonyl (C=O) groups is 1. The summed E-state index contributed by atoms with van der Waals surface area (Å²) in [5.41, 5.74) is 3.12. The number of carbonyl (C=O) groups excluding carboxylic acids is 1. The average Bonchev–Trinajstić information content (AvgIpc) is 2.99. The van der Waals surface area contributed by atoms with Crippen LogP contribution in [0.15, 0.2) is 54.6 Å². The maximum atomic E-state index is 14.3. The fraction of sp³-hybridized carbons (Fsp3) is 0.111. The second kappa shape index (κ2) is 5.35. The summed E-state index contributed by atoms with van der Waals surface area (Å²) in [6, 6.07) is 16.3. The van der Waals surface area contributed by atoms with Gasteiger partial charge in [-0.1, -0.05) is 48.5 Å². The number of nitrogens with one attached hydrogen (secondary N) is 2. The highest BCUT2D eigenvalue weighted by Crippen LogP contribution is 2.42. The molecule has 1 atom stereocenters. The fourth-order valence-electron chi connectivity index (χ4n) is 3.10. The Morgan fingerprint density at radius 3 is 2.57 bits per heavy atom. The summed E-state index contributed by atoms with van der Waals surface area (Å²) in [6.07, 6.45) is 0.202. The van der Waals surface area contributed by atoms with Gasteiger partial charge in [-0.3, -0.25) is 9.89 Å². The topological polar surface area (TPSA) is 57.8 Å². The third-order valence-corrected chi connectivity index (χ3v) is 4.14. The lowest BCUT2D eigenvalue weighted by Crippen LogP contribution is -2.23. The molecule has 1 aliphatic heterocycles. The van der Waals surface area contributed by atoms with Crippen molar-refractivity contribution in [2.24, 2.45) is 0 Å². The molecule has 1 aliphatic rings. The third-order valence-electron chi connectivity index (χ3n) is 4.14. The zero-order valence-electron chi connectivity index (χ0n) is 12.2. The van der Waals surface area contributed by atoms with Gasteiger partial charge in [0.15, 0.2) is 5.82 Å². The van der Waals surface area contributed by atoms with Gasteiger partial charge >= 0.3 is 0 Å². The molecule has 0 radical (unpaired) electrons. The van der Waals surface area contributed by atoms with Crippen molar-refractivity contribution in [2.45, 2.75) is 12.3 Å². The van der Waals surface area contributed by atoms with Gasteiger partial charge in [0.2, 0.25) is 5.91 Å². The Morgan fingerprint density at radius 1 is 1.04 bits per heavy atom. The van der Waals surface area contributed by atoms with Crippen molar-refractivity contribution in [1.82, 2.24) is 10.2 Å². The number of nitrogens with zero attached hydrogens (tertiary/aromatic N) is 1. The molecule has 5 heteroatoms. The van der Waals surface area contributed by atoms with Gasteiger partial charge in [0, 0.05) is 17.9 Å². The molecule has 0 saturated carbocycles. The summed E-state index contributed by atoms with van der Waals surface area (Å²) in [4.78, 5) is 12.0. The lowest BCUT2D eigenvalue weighted by molar-refractivity contribution is -0.116. The first kappa shape index (κ1) is 13.7. The Labute approximate surface area is 132 Å². The van der Waals surface area contributed by atoms with Crippen molar-refractivity contribution in [3.8, 4) is 11.3 Å². The largest absolute Gasteiger partial charge is 0.309 e. The van der Waals surface area contributed by atoms with Crippen LogP contribution >= 0.6 is 0 Å². The molecule has 0 bridgehead atoms. The van der Waals surface area contributed by atoms with Crippen LogP contribution in [0, 0.1) is 5.82 Å². The Morgan fingerprint density at radius 2 is 1.78 bits per heavy atom.